The summed E-state index contributed by atoms with van der Waals surface area (Å²) in [6.07, 6.45) is 1.80. The van der Waals surface area contributed by atoms with E-state index in [0.29, 0.717) is 19.4 Å². The average Bonchev–Trinajstić information content (AvgIpc) is 3.06. The van der Waals surface area contributed by atoms with Crippen molar-refractivity contribution in [1.82, 2.24) is 5.32 Å². The van der Waals surface area contributed by atoms with E-state index in [1.54, 1.807) is 12.0 Å². The first kappa shape index (κ1) is 20.0. The number of ether oxygens (including phenoxy) is 1. The Hall–Kier alpha value is -3.34. The van der Waals surface area contributed by atoms with Crippen molar-refractivity contribution in [1.29, 1.82) is 0 Å². The maximum absolute atomic E-state index is 12.8. The number of hydrogen-bond acceptors (Lipinski definition) is 3. The fraction of sp³-hybridized carbons (Fsp3) is 0.280. The number of benzene rings is 3. The fourth-order valence-electron chi connectivity index (χ4n) is 4.12. The van der Waals surface area contributed by atoms with E-state index in [4.69, 9.17) is 4.74 Å². The zero-order valence-electron chi connectivity index (χ0n) is 17.4. The van der Waals surface area contributed by atoms with Crippen LogP contribution in [0.5, 0.6) is 5.75 Å². The minimum absolute atomic E-state index is 0.0000340. The van der Waals surface area contributed by atoms with Crippen molar-refractivity contribution < 1.29 is 14.3 Å². The van der Waals surface area contributed by atoms with Crippen LogP contribution in [-0.4, -0.2) is 25.5 Å². The molecule has 2 amide bonds. The largest absolute Gasteiger partial charge is 0.497 e. The molecule has 1 atom stereocenters. The number of carbonyl (C=O) groups is 2. The summed E-state index contributed by atoms with van der Waals surface area (Å²) < 4.78 is 5.20. The highest BCUT2D eigenvalue weighted by Crippen LogP contribution is 2.37. The number of nitrogens with one attached hydrogen (secondary N) is 1. The van der Waals surface area contributed by atoms with Gasteiger partial charge < -0.3 is 15.0 Å². The van der Waals surface area contributed by atoms with Gasteiger partial charge in [-0.25, -0.2) is 0 Å². The molecule has 0 aromatic heterocycles. The first-order chi connectivity index (χ1) is 14.6. The van der Waals surface area contributed by atoms with E-state index in [1.165, 1.54) is 0 Å². The Morgan fingerprint density at radius 2 is 1.80 bits per heavy atom. The van der Waals surface area contributed by atoms with Crippen molar-refractivity contribution in [3.05, 3.63) is 71.8 Å². The number of amides is 2. The molecule has 5 nitrogen and oxygen atoms in total. The summed E-state index contributed by atoms with van der Waals surface area (Å²) in [6, 6.07) is 19.5. The van der Waals surface area contributed by atoms with Crippen molar-refractivity contribution in [3.63, 3.8) is 0 Å². The Bertz CT molecular complexity index is 1070. The summed E-state index contributed by atoms with van der Waals surface area (Å²) in [5.74, 6) is 0.818. The molecule has 5 heteroatoms. The minimum atomic E-state index is -0.0326. The van der Waals surface area contributed by atoms with Crippen molar-refractivity contribution >= 4 is 28.3 Å². The lowest BCUT2D eigenvalue weighted by Gasteiger charge is -2.20. The van der Waals surface area contributed by atoms with E-state index >= 15 is 0 Å². The highest BCUT2D eigenvalue weighted by atomic mass is 16.5. The van der Waals surface area contributed by atoms with Gasteiger partial charge in [-0.15, -0.1) is 0 Å². The molecule has 3 aromatic carbocycles. The molecule has 0 fully saturated rings. The molecule has 0 saturated heterocycles. The van der Waals surface area contributed by atoms with Crippen LogP contribution in [0.1, 0.15) is 48.1 Å². The minimum Gasteiger partial charge on any atom is -0.497 e. The van der Waals surface area contributed by atoms with Gasteiger partial charge in [-0.3, -0.25) is 9.59 Å². The Labute approximate surface area is 176 Å². The number of methoxy groups -OCH3 is 1. The van der Waals surface area contributed by atoms with Gasteiger partial charge in [0.2, 0.25) is 5.91 Å². The maximum Gasteiger partial charge on any atom is 0.258 e. The summed E-state index contributed by atoms with van der Waals surface area (Å²) in [6.45, 7) is 2.58. The molecule has 30 heavy (non-hydrogen) atoms. The van der Waals surface area contributed by atoms with Gasteiger partial charge in [0.05, 0.1) is 18.8 Å². The highest BCUT2D eigenvalue weighted by Gasteiger charge is 2.29. The zero-order chi connectivity index (χ0) is 21.1. The molecule has 0 saturated carbocycles. The summed E-state index contributed by atoms with van der Waals surface area (Å²) in [4.78, 5) is 27.2. The van der Waals surface area contributed by atoms with Crippen LogP contribution in [0.25, 0.3) is 10.8 Å². The molecule has 1 aliphatic rings. The van der Waals surface area contributed by atoms with Crippen LogP contribution in [-0.2, 0) is 4.79 Å². The molecule has 1 N–H and O–H groups in total. The number of carbonyl (C=O) groups excluding carboxylic acids is 2. The summed E-state index contributed by atoms with van der Waals surface area (Å²) >= 11 is 0. The van der Waals surface area contributed by atoms with Crippen LogP contribution in [0, 0.1) is 0 Å². The van der Waals surface area contributed by atoms with E-state index in [2.05, 4.69) is 12.2 Å². The number of anilines is 1. The molecule has 0 spiro atoms. The molecule has 0 unspecified atom stereocenters. The van der Waals surface area contributed by atoms with E-state index in [9.17, 15) is 9.59 Å². The van der Waals surface area contributed by atoms with Gasteiger partial charge in [-0.05, 0) is 48.1 Å². The predicted octanol–water partition coefficient (Wildman–Crippen LogP) is 4.86. The Balaban J connectivity index is 1.36. The first-order valence-electron chi connectivity index (χ1n) is 10.4. The van der Waals surface area contributed by atoms with Gasteiger partial charge in [0.1, 0.15) is 5.75 Å². The van der Waals surface area contributed by atoms with Gasteiger partial charge in [0, 0.05) is 23.9 Å². The molecule has 4 rings (SSSR count). The smallest absolute Gasteiger partial charge is 0.258 e. The number of hydrogen-bond donors (Lipinski definition) is 1. The molecule has 1 heterocycles. The molecule has 0 radical (unpaired) electrons. The van der Waals surface area contributed by atoms with Crippen LogP contribution in [0.4, 0.5) is 5.69 Å². The van der Waals surface area contributed by atoms with Crippen molar-refractivity contribution in [2.45, 2.75) is 32.2 Å². The Morgan fingerprint density at radius 1 is 1.07 bits per heavy atom. The van der Waals surface area contributed by atoms with E-state index in [-0.39, 0.29) is 17.9 Å². The molecular weight excluding hydrogens is 376 g/mol. The number of nitrogens with zero attached hydrogens (tertiary/aromatic N) is 1. The maximum atomic E-state index is 12.8. The van der Waals surface area contributed by atoms with Gasteiger partial charge in [-0.2, -0.15) is 0 Å². The van der Waals surface area contributed by atoms with Crippen molar-refractivity contribution in [3.8, 4) is 5.75 Å². The Morgan fingerprint density at radius 3 is 2.50 bits per heavy atom. The Kier molecular flexibility index (Phi) is 5.70. The average molecular weight is 402 g/mol. The van der Waals surface area contributed by atoms with Crippen LogP contribution < -0.4 is 15.0 Å². The van der Waals surface area contributed by atoms with Crippen LogP contribution in [0.15, 0.2) is 60.7 Å². The third kappa shape index (κ3) is 3.75. The fourth-order valence-corrected chi connectivity index (χ4v) is 4.12. The van der Waals surface area contributed by atoms with Gasteiger partial charge in [-0.1, -0.05) is 43.3 Å². The van der Waals surface area contributed by atoms with Gasteiger partial charge in [0.25, 0.3) is 5.91 Å². The summed E-state index contributed by atoms with van der Waals surface area (Å²) in [5, 5.41) is 5.20. The van der Waals surface area contributed by atoms with Crippen LogP contribution >= 0.6 is 0 Å². The zero-order valence-corrected chi connectivity index (χ0v) is 17.4. The second-order valence-corrected chi connectivity index (χ2v) is 7.54. The third-order valence-corrected chi connectivity index (χ3v) is 5.70. The second kappa shape index (κ2) is 8.57. The first-order valence-corrected chi connectivity index (χ1v) is 10.4. The molecule has 1 aliphatic heterocycles. The molecule has 3 aromatic rings. The molecule has 0 aliphatic carbocycles. The van der Waals surface area contributed by atoms with Crippen LogP contribution in [0.3, 0.4) is 0 Å². The lowest BCUT2D eigenvalue weighted by Crippen LogP contribution is -2.31. The highest BCUT2D eigenvalue weighted by molar-refractivity contribution is 6.25. The van der Waals surface area contributed by atoms with E-state index in [1.807, 2.05) is 60.7 Å². The third-order valence-electron chi connectivity index (χ3n) is 5.70. The molecule has 154 valence electrons. The number of rotatable bonds is 8. The SMILES string of the molecule is CC[C@H](NC(=O)CCCN1C(=O)c2cccc3cccc1c23)c1ccc(OC)cc1. The topological polar surface area (TPSA) is 58.6 Å². The van der Waals surface area contributed by atoms with Gasteiger partial charge >= 0.3 is 0 Å². The quantitative estimate of drug-likeness (QED) is 0.586. The molecule has 0 bridgehead atoms. The van der Waals surface area contributed by atoms with Crippen molar-refractivity contribution in [2.75, 3.05) is 18.6 Å². The lowest BCUT2D eigenvalue weighted by atomic mass is 10.0. The lowest BCUT2D eigenvalue weighted by molar-refractivity contribution is -0.121. The molecular formula is C25H26N2O3. The normalized spacial score (nSPS) is 13.5. The standard InChI is InChI=1S/C25H26N2O3/c1-3-21(17-12-14-19(30-2)15-13-17)26-23(28)11-6-16-27-22-10-5-8-18-7-4-9-20(24(18)22)25(27)29/h4-5,7-10,12-15,21H,3,6,11,16H2,1-2H3,(H,26,28)/t21-/m0/s1. The summed E-state index contributed by atoms with van der Waals surface area (Å²) in [5.41, 5.74) is 2.75. The summed E-state index contributed by atoms with van der Waals surface area (Å²) in [7, 11) is 1.64. The van der Waals surface area contributed by atoms with E-state index in [0.717, 1.165) is 39.8 Å². The van der Waals surface area contributed by atoms with Crippen molar-refractivity contribution in [2.24, 2.45) is 0 Å². The van der Waals surface area contributed by atoms with Gasteiger partial charge in [0.15, 0.2) is 0 Å². The monoisotopic (exact) mass is 402 g/mol. The predicted molar refractivity (Wildman–Crippen MR) is 119 cm³/mol. The van der Waals surface area contributed by atoms with E-state index < -0.39 is 0 Å². The second-order valence-electron chi connectivity index (χ2n) is 7.54. The van der Waals surface area contributed by atoms with Crippen LogP contribution in [0.2, 0.25) is 0 Å².